The fourth-order valence-corrected chi connectivity index (χ4v) is 3.97. The number of hydrogen-bond acceptors (Lipinski definition) is 5. The van der Waals surface area contributed by atoms with E-state index >= 15 is 0 Å². The first-order chi connectivity index (χ1) is 15.4. The van der Waals surface area contributed by atoms with Crippen molar-refractivity contribution in [3.63, 3.8) is 0 Å². The van der Waals surface area contributed by atoms with Crippen LogP contribution < -0.4 is 10.1 Å². The van der Waals surface area contributed by atoms with Gasteiger partial charge < -0.3 is 10.1 Å². The van der Waals surface area contributed by atoms with Gasteiger partial charge in [-0.3, -0.25) is 9.36 Å². The SMILES string of the molecule is C=CCn1c(SCC(=O)NCc2ccc(Cl)cc2)nnc1C(C)Oc1ccc(Cl)c(C)c1. The molecule has 32 heavy (non-hydrogen) atoms. The number of ether oxygens (including phenoxy) is 1. The second-order valence-electron chi connectivity index (χ2n) is 7.10. The lowest BCUT2D eigenvalue weighted by Gasteiger charge is -2.16. The van der Waals surface area contributed by atoms with Crippen molar-refractivity contribution >= 4 is 40.9 Å². The van der Waals surface area contributed by atoms with Crippen LogP contribution in [-0.4, -0.2) is 26.4 Å². The molecule has 1 amide bonds. The molecule has 0 saturated carbocycles. The number of aromatic nitrogens is 3. The molecule has 6 nitrogen and oxygen atoms in total. The van der Waals surface area contributed by atoms with E-state index in [1.54, 1.807) is 24.3 Å². The maximum atomic E-state index is 12.3. The van der Waals surface area contributed by atoms with E-state index in [4.69, 9.17) is 27.9 Å². The van der Waals surface area contributed by atoms with Crippen molar-refractivity contribution in [3.05, 3.63) is 82.1 Å². The van der Waals surface area contributed by atoms with Crippen molar-refractivity contribution in [2.24, 2.45) is 0 Å². The average molecular weight is 491 g/mol. The number of halogens is 2. The fourth-order valence-electron chi connectivity index (χ4n) is 2.94. The Morgan fingerprint density at radius 3 is 2.69 bits per heavy atom. The summed E-state index contributed by atoms with van der Waals surface area (Å²) in [6, 6.07) is 12.9. The highest BCUT2D eigenvalue weighted by atomic mass is 35.5. The quantitative estimate of drug-likeness (QED) is 0.294. The molecule has 0 saturated heterocycles. The Balaban J connectivity index is 1.61. The topological polar surface area (TPSA) is 69.0 Å². The Morgan fingerprint density at radius 2 is 2.00 bits per heavy atom. The molecule has 168 valence electrons. The minimum atomic E-state index is -0.351. The van der Waals surface area contributed by atoms with Gasteiger partial charge in [-0.1, -0.05) is 53.2 Å². The summed E-state index contributed by atoms with van der Waals surface area (Å²) >= 11 is 13.3. The van der Waals surface area contributed by atoms with Gasteiger partial charge in [0.05, 0.1) is 5.75 Å². The predicted molar refractivity (Wildman–Crippen MR) is 129 cm³/mol. The zero-order valence-corrected chi connectivity index (χ0v) is 20.2. The van der Waals surface area contributed by atoms with E-state index in [0.29, 0.717) is 39.9 Å². The van der Waals surface area contributed by atoms with Crippen molar-refractivity contribution in [1.29, 1.82) is 0 Å². The van der Waals surface area contributed by atoms with Gasteiger partial charge in [-0.05, 0) is 55.3 Å². The van der Waals surface area contributed by atoms with Gasteiger partial charge in [0, 0.05) is 23.1 Å². The number of thioether (sulfide) groups is 1. The molecule has 0 aliphatic heterocycles. The number of nitrogens with one attached hydrogen (secondary N) is 1. The molecule has 0 aliphatic rings. The zero-order valence-electron chi connectivity index (χ0n) is 17.8. The number of nitrogens with zero attached hydrogens (tertiary/aromatic N) is 3. The number of carbonyl (C=O) groups excluding carboxylic acids is 1. The van der Waals surface area contributed by atoms with E-state index in [9.17, 15) is 4.79 Å². The van der Waals surface area contributed by atoms with Gasteiger partial charge in [-0.15, -0.1) is 16.8 Å². The number of allylic oxidation sites excluding steroid dienone is 1. The number of carbonyl (C=O) groups is 1. The van der Waals surface area contributed by atoms with E-state index < -0.39 is 0 Å². The van der Waals surface area contributed by atoms with Crippen LogP contribution in [0.2, 0.25) is 10.0 Å². The largest absolute Gasteiger partial charge is 0.483 e. The van der Waals surface area contributed by atoms with Crippen LogP contribution in [0.4, 0.5) is 0 Å². The second-order valence-corrected chi connectivity index (χ2v) is 8.89. The number of amides is 1. The van der Waals surface area contributed by atoms with E-state index in [0.717, 1.165) is 11.1 Å². The van der Waals surface area contributed by atoms with E-state index in [-0.39, 0.29) is 17.8 Å². The summed E-state index contributed by atoms with van der Waals surface area (Å²) in [5.41, 5.74) is 1.91. The highest BCUT2D eigenvalue weighted by molar-refractivity contribution is 7.99. The van der Waals surface area contributed by atoms with Crippen LogP contribution in [0.15, 0.2) is 60.3 Å². The van der Waals surface area contributed by atoms with Crippen LogP contribution in [-0.2, 0) is 17.9 Å². The summed E-state index contributed by atoms with van der Waals surface area (Å²) < 4.78 is 7.94. The van der Waals surface area contributed by atoms with Gasteiger partial charge in [0.15, 0.2) is 17.1 Å². The Bertz CT molecular complexity index is 1090. The number of benzene rings is 2. The summed E-state index contributed by atoms with van der Waals surface area (Å²) in [6.07, 6.45) is 1.41. The third kappa shape index (κ3) is 6.51. The molecule has 1 aromatic heterocycles. The van der Waals surface area contributed by atoms with Crippen LogP contribution in [0, 0.1) is 6.92 Å². The molecule has 3 rings (SSSR count). The van der Waals surface area contributed by atoms with Gasteiger partial charge in [-0.25, -0.2) is 0 Å². The van der Waals surface area contributed by atoms with Crippen molar-refractivity contribution in [2.45, 2.75) is 38.2 Å². The molecule has 9 heteroatoms. The molecule has 0 fully saturated rings. The summed E-state index contributed by atoms with van der Waals surface area (Å²) in [6.45, 7) is 8.59. The monoisotopic (exact) mass is 490 g/mol. The molecular weight excluding hydrogens is 467 g/mol. The standard InChI is InChI=1S/C23H24Cl2N4O2S/c1-4-11-29-22(16(3)31-19-9-10-20(25)15(2)12-19)27-28-23(29)32-14-21(30)26-13-17-5-7-18(24)8-6-17/h4-10,12,16H,1,11,13-14H2,2-3H3,(H,26,30). The fraction of sp³-hybridized carbons (Fsp3) is 0.261. The first-order valence-electron chi connectivity index (χ1n) is 9.98. The first-order valence-corrected chi connectivity index (χ1v) is 11.7. The Labute approximate surface area is 202 Å². The van der Waals surface area contributed by atoms with Crippen LogP contribution in [0.25, 0.3) is 0 Å². The van der Waals surface area contributed by atoms with Gasteiger partial charge >= 0.3 is 0 Å². The number of aryl methyl sites for hydroxylation is 1. The van der Waals surface area contributed by atoms with E-state index in [1.165, 1.54) is 11.8 Å². The van der Waals surface area contributed by atoms with Gasteiger partial charge in [0.25, 0.3) is 0 Å². The van der Waals surface area contributed by atoms with Gasteiger partial charge in [0.1, 0.15) is 5.75 Å². The second kappa shape index (κ2) is 11.4. The number of rotatable bonds is 10. The van der Waals surface area contributed by atoms with Crippen LogP contribution in [0.1, 0.15) is 30.0 Å². The van der Waals surface area contributed by atoms with Crippen molar-refractivity contribution in [1.82, 2.24) is 20.1 Å². The summed E-state index contributed by atoms with van der Waals surface area (Å²) in [7, 11) is 0. The molecule has 2 aromatic carbocycles. The lowest BCUT2D eigenvalue weighted by Crippen LogP contribution is -2.24. The highest BCUT2D eigenvalue weighted by Gasteiger charge is 2.20. The smallest absolute Gasteiger partial charge is 0.230 e. The maximum Gasteiger partial charge on any atom is 0.230 e. The summed E-state index contributed by atoms with van der Waals surface area (Å²) in [5, 5.41) is 13.4. The van der Waals surface area contributed by atoms with E-state index in [1.807, 2.05) is 42.7 Å². The van der Waals surface area contributed by atoms with E-state index in [2.05, 4.69) is 22.1 Å². The predicted octanol–water partition coefficient (Wildman–Crippen LogP) is 5.63. The van der Waals surface area contributed by atoms with Crippen molar-refractivity contribution in [3.8, 4) is 5.75 Å². The Morgan fingerprint density at radius 1 is 1.25 bits per heavy atom. The molecule has 0 bridgehead atoms. The normalized spacial score (nSPS) is 11.8. The minimum absolute atomic E-state index is 0.0967. The summed E-state index contributed by atoms with van der Waals surface area (Å²) in [4.78, 5) is 12.3. The van der Waals surface area contributed by atoms with Crippen molar-refractivity contribution < 1.29 is 9.53 Å². The molecule has 1 N–H and O–H groups in total. The Hall–Kier alpha value is -2.48. The third-order valence-electron chi connectivity index (χ3n) is 4.60. The highest BCUT2D eigenvalue weighted by Crippen LogP contribution is 2.27. The van der Waals surface area contributed by atoms with Crippen LogP contribution >= 0.6 is 35.0 Å². The first kappa shape index (κ1) is 24.2. The molecule has 1 atom stereocenters. The molecule has 0 aliphatic carbocycles. The molecule has 1 heterocycles. The Kier molecular flexibility index (Phi) is 8.61. The van der Waals surface area contributed by atoms with Crippen LogP contribution in [0.5, 0.6) is 5.75 Å². The zero-order chi connectivity index (χ0) is 23.1. The summed E-state index contributed by atoms with van der Waals surface area (Å²) in [5.74, 6) is 1.47. The van der Waals surface area contributed by atoms with Crippen molar-refractivity contribution in [2.75, 3.05) is 5.75 Å². The number of hydrogen-bond donors (Lipinski definition) is 1. The third-order valence-corrected chi connectivity index (χ3v) is 6.24. The van der Waals surface area contributed by atoms with Gasteiger partial charge in [0.2, 0.25) is 5.91 Å². The lowest BCUT2D eigenvalue weighted by atomic mass is 10.2. The molecule has 0 spiro atoms. The molecule has 3 aromatic rings. The average Bonchev–Trinajstić information content (AvgIpc) is 3.17. The molecule has 0 radical (unpaired) electrons. The van der Waals surface area contributed by atoms with Gasteiger partial charge in [-0.2, -0.15) is 0 Å². The molecular formula is C23H24Cl2N4O2S. The minimum Gasteiger partial charge on any atom is -0.483 e. The lowest BCUT2D eigenvalue weighted by molar-refractivity contribution is -0.118. The maximum absolute atomic E-state index is 12.3. The molecule has 1 unspecified atom stereocenters. The van der Waals surface area contributed by atoms with Crippen LogP contribution in [0.3, 0.4) is 0 Å².